The fraction of sp³-hybridized carbons (Fsp3) is 0.500. The molecule has 1 aromatic heterocycles. The summed E-state index contributed by atoms with van der Waals surface area (Å²) in [6, 6.07) is 4.20. The number of rotatable bonds is 0. The van der Waals surface area contributed by atoms with Gasteiger partial charge in [0.05, 0.1) is 11.2 Å². The summed E-state index contributed by atoms with van der Waals surface area (Å²) >= 11 is 0. The predicted octanol–water partition coefficient (Wildman–Crippen LogP) is 1.51. The van der Waals surface area contributed by atoms with E-state index in [1.54, 1.807) is 0 Å². The van der Waals surface area contributed by atoms with Gasteiger partial charge in [-0.05, 0) is 38.3 Å². The largest absolute Gasteiger partial charge is 0.320 e. The van der Waals surface area contributed by atoms with E-state index in [-0.39, 0.29) is 5.54 Å². The van der Waals surface area contributed by atoms with E-state index in [4.69, 9.17) is 5.73 Å². The Labute approximate surface area is 72.8 Å². The number of hydrogen-bond donors (Lipinski definition) is 1. The summed E-state index contributed by atoms with van der Waals surface area (Å²) in [6.07, 6.45) is 2.11. The van der Waals surface area contributed by atoms with E-state index in [0.717, 1.165) is 24.2 Å². The summed E-state index contributed by atoms with van der Waals surface area (Å²) in [6.45, 7) is 4.07. The average molecular weight is 162 g/mol. The van der Waals surface area contributed by atoms with Crippen LogP contribution in [0.5, 0.6) is 0 Å². The Morgan fingerprint density at radius 2 is 2.25 bits per heavy atom. The topological polar surface area (TPSA) is 38.9 Å². The average Bonchev–Trinajstić information content (AvgIpc) is 2.28. The summed E-state index contributed by atoms with van der Waals surface area (Å²) in [5.41, 5.74) is 9.39. The van der Waals surface area contributed by atoms with Crippen molar-refractivity contribution in [1.29, 1.82) is 0 Å². The van der Waals surface area contributed by atoms with Crippen LogP contribution in [0.15, 0.2) is 12.1 Å². The van der Waals surface area contributed by atoms with Gasteiger partial charge >= 0.3 is 0 Å². The van der Waals surface area contributed by atoms with Gasteiger partial charge in [0.15, 0.2) is 0 Å². The highest BCUT2D eigenvalue weighted by Gasteiger charge is 2.31. The molecule has 1 heterocycles. The molecule has 1 aromatic rings. The van der Waals surface area contributed by atoms with Gasteiger partial charge in [0, 0.05) is 5.69 Å². The summed E-state index contributed by atoms with van der Waals surface area (Å²) in [7, 11) is 0. The number of nitrogens with two attached hydrogens (primary N) is 1. The van der Waals surface area contributed by atoms with Gasteiger partial charge in [-0.1, -0.05) is 6.07 Å². The lowest BCUT2D eigenvalue weighted by Gasteiger charge is -2.17. The summed E-state index contributed by atoms with van der Waals surface area (Å²) < 4.78 is 0. The molecule has 0 spiro atoms. The van der Waals surface area contributed by atoms with Crippen molar-refractivity contribution >= 4 is 0 Å². The number of aryl methyl sites for hydroxylation is 2. The molecular formula is C10H14N2. The molecule has 0 bridgehead atoms. The van der Waals surface area contributed by atoms with Crippen LogP contribution in [0.25, 0.3) is 0 Å². The third kappa shape index (κ3) is 1.03. The molecule has 0 saturated carbocycles. The van der Waals surface area contributed by atoms with Crippen molar-refractivity contribution in [2.45, 2.75) is 32.2 Å². The highest BCUT2D eigenvalue weighted by molar-refractivity contribution is 5.33. The maximum absolute atomic E-state index is 6.10. The van der Waals surface area contributed by atoms with Crippen molar-refractivity contribution in [1.82, 2.24) is 4.98 Å². The van der Waals surface area contributed by atoms with Crippen molar-refractivity contribution in [2.24, 2.45) is 5.73 Å². The normalized spacial score (nSPS) is 27.2. The van der Waals surface area contributed by atoms with E-state index >= 15 is 0 Å². The van der Waals surface area contributed by atoms with Gasteiger partial charge in [0.25, 0.3) is 0 Å². The van der Waals surface area contributed by atoms with Crippen molar-refractivity contribution in [3.05, 3.63) is 29.1 Å². The second-order valence-electron chi connectivity index (χ2n) is 3.88. The van der Waals surface area contributed by atoms with Crippen molar-refractivity contribution in [2.75, 3.05) is 0 Å². The molecule has 1 atom stereocenters. The van der Waals surface area contributed by atoms with Gasteiger partial charge in [-0.25, -0.2) is 0 Å². The van der Waals surface area contributed by atoms with Gasteiger partial charge in [-0.3, -0.25) is 4.98 Å². The van der Waals surface area contributed by atoms with Crippen LogP contribution in [0.1, 0.15) is 30.3 Å². The van der Waals surface area contributed by atoms with Crippen LogP contribution < -0.4 is 5.73 Å². The van der Waals surface area contributed by atoms with E-state index in [0.29, 0.717) is 0 Å². The fourth-order valence-electron chi connectivity index (χ4n) is 1.79. The fourth-order valence-corrected chi connectivity index (χ4v) is 1.79. The van der Waals surface area contributed by atoms with Crippen LogP contribution >= 0.6 is 0 Å². The number of pyridine rings is 1. The Bertz CT molecular complexity index is 316. The first-order valence-electron chi connectivity index (χ1n) is 4.35. The van der Waals surface area contributed by atoms with Crippen LogP contribution in [0, 0.1) is 6.92 Å². The zero-order valence-electron chi connectivity index (χ0n) is 7.59. The van der Waals surface area contributed by atoms with Crippen LogP contribution in [-0.2, 0) is 12.0 Å². The summed E-state index contributed by atoms with van der Waals surface area (Å²) in [5, 5.41) is 0. The van der Waals surface area contributed by atoms with Crippen LogP contribution in [0.2, 0.25) is 0 Å². The van der Waals surface area contributed by atoms with Crippen molar-refractivity contribution < 1.29 is 0 Å². The number of nitrogens with zero attached hydrogens (tertiary/aromatic N) is 1. The molecule has 12 heavy (non-hydrogen) atoms. The minimum Gasteiger partial charge on any atom is -0.320 e. The minimum atomic E-state index is -0.193. The maximum Gasteiger partial charge on any atom is 0.0634 e. The second kappa shape index (κ2) is 2.30. The first-order chi connectivity index (χ1) is 5.59. The Hall–Kier alpha value is -0.890. The molecule has 1 aliphatic rings. The number of fused-ring (bicyclic) bond motifs is 1. The lowest BCUT2D eigenvalue weighted by molar-refractivity contribution is 0.479. The third-order valence-electron chi connectivity index (χ3n) is 2.57. The van der Waals surface area contributed by atoms with Crippen LogP contribution in [0.4, 0.5) is 0 Å². The second-order valence-corrected chi connectivity index (χ2v) is 3.88. The Kier molecular flexibility index (Phi) is 1.48. The molecule has 2 heteroatoms. The molecule has 64 valence electrons. The minimum absolute atomic E-state index is 0.193. The van der Waals surface area contributed by atoms with Gasteiger partial charge in [-0.15, -0.1) is 0 Å². The zero-order valence-corrected chi connectivity index (χ0v) is 7.59. The molecule has 2 nitrogen and oxygen atoms in total. The van der Waals surface area contributed by atoms with E-state index in [2.05, 4.69) is 24.0 Å². The molecule has 0 aromatic carbocycles. The molecule has 0 fully saturated rings. The Morgan fingerprint density at radius 1 is 1.50 bits per heavy atom. The molecule has 0 saturated heterocycles. The van der Waals surface area contributed by atoms with Crippen molar-refractivity contribution in [3.63, 3.8) is 0 Å². The highest BCUT2D eigenvalue weighted by atomic mass is 14.9. The summed E-state index contributed by atoms with van der Waals surface area (Å²) in [5.74, 6) is 0. The van der Waals surface area contributed by atoms with E-state index < -0.39 is 0 Å². The SMILES string of the molecule is Cc1ccc2c(n1)C(C)(N)CC2. The van der Waals surface area contributed by atoms with Gasteiger partial charge in [0.1, 0.15) is 0 Å². The van der Waals surface area contributed by atoms with E-state index in [9.17, 15) is 0 Å². The Morgan fingerprint density at radius 3 is 3.00 bits per heavy atom. The molecule has 2 rings (SSSR count). The van der Waals surface area contributed by atoms with Gasteiger partial charge in [0.2, 0.25) is 0 Å². The number of aromatic nitrogens is 1. The number of hydrogen-bond acceptors (Lipinski definition) is 2. The monoisotopic (exact) mass is 162 g/mol. The first kappa shape index (κ1) is 7.74. The molecule has 2 N–H and O–H groups in total. The van der Waals surface area contributed by atoms with Gasteiger partial charge in [-0.2, -0.15) is 0 Å². The molecular weight excluding hydrogens is 148 g/mol. The lowest BCUT2D eigenvalue weighted by Crippen LogP contribution is -2.30. The standard InChI is InChI=1S/C10H14N2/c1-7-3-4-8-5-6-10(2,11)9(8)12-7/h3-4H,5-6,11H2,1-2H3. The third-order valence-corrected chi connectivity index (χ3v) is 2.57. The van der Waals surface area contributed by atoms with Crippen LogP contribution in [0.3, 0.4) is 0 Å². The van der Waals surface area contributed by atoms with E-state index in [1.807, 2.05) is 6.92 Å². The molecule has 1 unspecified atom stereocenters. The molecule has 0 aliphatic heterocycles. The smallest absolute Gasteiger partial charge is 0.0634 e. The quantitative estimate of drug-likeness (QED) is 0.628. The highest BCUT2D eigenvalue weighted by Crippen LogP contribution is 2.32. The van der Waals surface area contributed by atoms with E-state index in [1.165, 1.54) is 5.56 Å². The maximum atomic E-state index is 6.10. The molecule has 1 aliphatic carbocycles. The molecule has 0 radical (unpaired) electrons. The predicted molar refractivity (Wildman–Crippen MR) is 48.8 cm³/mol. The summed E-state index contributed by atoms with van der Waals surface area (Å²) in [4.78, 5) is 4.48. The molecule has 0 amide bonds. The van der Waals surface area contributed by atoms with Crippen LogP contribution in [-0.4, -0.2) is 4.98 Å². The first-order valence-corrected chi connectivity index (χ1v) is 4.35. The zero-order chi connectivity index (χ0) is 8.77. The Balaban J connectivity index is 2.57. The van der Waals surface area contributed by atoms with Gasteiger partial charge < -0.3 is 5.73 Å². The van der Waals surface area contributed by atoms with Crippen molar-refractivity contribution in [3.8, 4) is 0 Å². The lowest BCUT2D eigenvalue weighted by atomic mass is 10.0.